The summed E-state index contributed by atoms with van der Waals surface area (Å²) >= 11 is 0. The third kappa shape index (κ3) is 6.83. The molecule has 0 radical (unpaired) electrons. The smallest absolute Gasteiger partial charge is 0.155 e. The van der Waals surface area contributed by atoms with Gasteiger partial charge in [0.15, 0.2) is 12.4 Å². The molecule has 0 bridgehead atoms. The van der Waals surface area contributed by atoms with E-state index in [-0.39, 0.29) is 0 Å². The summed E-state index contributed by atoms with van der Waals surface area (Å²) in [6, 6.07) is 23.3. The molecular formula is C31H45N4+. The van der Waals surface area contributed by atoms with Gasteiger partial charge in [-0.25, -0.2) is 0 Å². The van der Waals surface area contributed by atoms with Gasteiger partial charge in [-0.15, -0.1) is 0 Å². The number of likely N-dealkylation sites (tertiary alicyclic amines) is 2. The normalized spacial score (nSPS) is 22.1. The van der Waals surface area contributed by atoms with Crippen molar-refractivity contribution >= 4 is 0 Å². The summed E-state index contributed by atoms with van der Waals surface area (Å²) in [5.74, 6) is 0. The Morgan fingerprint density at radius 1 is 0.657 bits per heavy atom. The van der Waals surface area contributed by atoms with E-state index in [1.54, 1.807) is 0 Å². The minimum Gasteiger partial charge on any atom is -0.309 e. The second-order valence-electron chi connectivity index (χ2n) is 10.9. The summed E-state index contributed by atoms with van der Waals surface area (Å²) in [6.45, 7) is 9.59. The summed E-state index contributed by atoms with van der Waals surface area (Å²) < 4.78 is 1.05. The van der Waals surface area contributed by atoms with Crippen molar-refractivity contribution in [1.29, 1.82) is 0 Å². The van der Waals surface area contributed by atoms with Crippen molar-refractivity contribution < 1.29 is 4.48 Å². The first-order chi connectivity index (χ1) is 17.3. The van der Waals surface area contributed by atoms with Crippen molar-refractivity contribution in [3.8, 4) is 0 Å². The van der Waals surface area contributed by atoms with Crippen molar-refractivity contribution in [3.63, 3.8) is 0 Å². The number of benzene rings is 2. The maximum atomic E-state index is 3.95. The standard InChI is InChI=1S/C31H45N4/c1-5-14-28(15-6-1)30(26-33-19-9-3-10-20-33)32-18-13-23-35(24-25-35)31(29-16-7-2-8-17-29)27-34-21-11-4-12-22-34/h1-2,5-8,14-17,24-25,30-32H,3-4,9-13,18-23,26-27H2/q+1/t30-,31-/m0/s1. The van der Waals surface area contributed by atoms with Gasteiger partial charge in [-0.05, 0) is 57.4 Å². The zero-order chi connectivity index (χ0) is 23.8. The number of piperidine rings is 2. The topological polar surface area (TPSA) is 18.5 Å². The van der Waals surface area contributed by atoms with Gasteiger partial charge in [0, 0.05) is 31.1 Å². The lowest BCUT2D eigenvalue weighted by Crippen LogP contribution is -2.43. The highest BCUT2D eigenvalue weighted by Crippen LogP contribution is 2.39. The molecule has 2 saturated heterocycles. The molecule has 2 fully saturated rings. The van der Waals surface area contributed by atoms with Gasteiger partial charge < -0.3 is 10.2 Å². The average molecular weight is 474 g/mol. The first-order valence-electron chi connectivity index (χ1n) is 14.2. The lowest BCUT2D eigenvalue weighted by molar-refractivity contribution is -0.803. The van der Waals surface area contributed by atoms with Crippen molar-refractivity contribution in [2.75, 3.05) is 52.4 Å². The highest BCUT2D eigenvalue weighted by Gasteiger charge is 2.44. The summed E-state index contributed by atoms with van der Waals surface area (Å²) in [4.78, 5) is 5.38. The van der Waals surface area contributed by atoms with Crippen LogP contribution in [0, 0.1) is 0 Å². The largest absolute Gasteiger partial charge is 0.309 e. The first-order valence-corrected chi connectivity index (χ1v) is 14.2. The van der Waals surface area contributed by atoms with Gasteiger partial charge in [0.2, 0.25) is 0 Å². The molecule has 5 rings (SSSR count). The first kappa shape index (κ1) is 24.7. The minimum absolute atomic E-state index is 0.420. The number of nitrogens with zero attached hydrogens (tertiary/aromatic N) is 3. The fraction of sp³-hybridized carbons (Fsp3) is 0.548. The molecule has 0 unspecified atom stereocenters. The second-order valence-corrected chi connectivity index (χ2v) is 10.9. The lowest BCUT2D eigenvalue weighted by atomic mass is 10.0. The molecule has 2 aromatic carbocycles. The molecule has 0 spiro atoms. The monoisotopic (exact) mass is 473 g/mol. The molecule has 35 heavy (non-hydrogen) atoms. The second kappa shape index (κ2) is 12.3. The van der Waals surface area contributed by atoms with Gasteiger partial charge in [0.1, 0.15) is 6.04 Å². The van der Waals surface area contributed by atoms with E-state index in [1.165, 1.54) is 95.3 Å². The summed E-state index contributed by atoms with van der Waals surface area (Å²) in [7, 11) is 0. The van der Waals surface area contributed by atoms with Crippen LogP contribution in [0.5, 0.6) is 0 Å². The van der Waals surface area contributed by atoms with E-state index in [1.807, 2.05) is 0 Å². The van der Waals surface area contributed by atoms with Crippen molar-refractivity contribution in [2.24, 2.45) is 0 Å². The number of nitrogens with one attached hydrogen (secondary N) is 1. The van der Waals surface area contributed by atoms with Crippen LogP contribution >= 0.6 is 0 Å². The Kier molecular flexibility index (Phi) is 8.69. The van der Waals surface area contributed by atoms with Gasteiger partial charge in [0.25, 0.3) is 0 Å². The minimum atomic E-state index is 0.420. The van der Waals surface area contributed by atoms with Crippen LogP contribution in [-0.2, 0) is 0 Å². The molecule has 3 aliphatic rings. The van der Waals surface area contributed by atoms with E-state index in [0.717, 1.165) is 17.6 Å². The lowest BCUT2D eigenvalue weighted by Gasteiger charge is -2.35. The Hall–Kier alpha value is -1.98. The van der Waals surface area contributed by atoms with Crippen molar-refractivity contribution in [2.45, 2.75) is 57.0 Å². The van der Waals surface area contributed by atoms with Crippen LogP contribution in [0.3, 0.4) is 0 Å². The summed E-state index contributed by atoms with van der Waals surface area (Å²) in [5.41, 5.74) is 2.92. The molecule has 0 aromatic heterocycles. The van der Waals surface area contributed by atoms with Gasteiger partial charge in [0.05, 0.1) is 13.1 Å². The van der Waals surface area contributed by atoms with Gasteiger partial charge >= 0.3 is 0 Å². The molecule has 3 heterocycles. The predicted molar refractivity (Wildman–Crippen MR) is 146 cm³/mol. The average Bonchev–Trinajstić information content (AvgIpc) is 3.72. The molecule has 4 heteroatoms. The van der Waals surface area contributed by atoms with Crippen LogP contribution in [-0.4, -0.2) is 66.6 Å². The van der Waals surface area contributed by atoms with Crippen LogP contribution in [0.2, 0.25) is 0 Å². The molecule has 2 atom stereocenters. The molecule has 4 nitrogen and oxygen atoms in total. The van der Waals surface area contributed by atoms with E-state index < -0.39 is 0 Å². The van der Waals surface area contributed by atoms with Crippen LogP contribution < -0.4 is 5.32 Å². The predicted octanol–water partition coefficient (Wildman–Crippen LogP) is 5.72. The van der Waals surface area contributed by atoms with E-state index in [2.05, 4.69) is 88.2 Å². The maximum absolute atomic E-state index is 3.95. The van der Waals surface area contributed by atoms with Crippen molar-refractivity contribution in [3.05, 3.63) is 84.2 Å². The van der Waals surface area contributed by atoms with E-state index >= 15 is 0 Å². The maximum Gasteiger partial charge on any atom is 0.155 e. The molecule has 1 N–H and O–H groups in total. The molecule has 0 aliphatic carbocycles. The van der Waals surface area contributed by atoms with E-state index in [4.69, 9.17) is 0 Å². The van der Waals surface area contributed by atoms with Crippen LogP contribution in [0.25, 0.3) is 0 Å². The van der Waals surface area contributed by atoms with Gasteiger partial charge in [-0.1, -0.05) is 73.5 Å². The van der Waals surface area contributed by atoms with Crippen LogP contribution in [0.1, 0.15) is 68.2 Å². The third-order valence-electron chi connectivity index (χ3n) is 8.38. The molecule has 2 aromatic rings. The molecule has 0 amide bonds. The third-order valence-corrected chi connectivity index (χ3v) is 8.38. The Labute approximate surface area is 213 Å². The van der Waals surface area contributed by atoms with Gasteiger partial charge in [-0.3, -0.25) is 9.38 Å². The Bertz CT molecular complexity index is 894. The van der Waals surface area contributed by atoms with Crippen LogP contribution in [0.4, 0.5) is 0 Å². The fourth-order valence-corrected chi connectivity index (χ4v) is 6.20. The molecule has 188 valence electrons. The molecule has 0 saturated carbocycles. The van der Waals surface area contributed by atoms with Crippen molar-refractivity contribution in [1.82, 2.24) is 15.1 Å². The number of rotatable bonds is 12. The van der Waals surface area contributed by atoms with Crippen LogP contribution in [0.15, 0.2) is 73.1 Å². The highest BCUT2D eigenvalue weighted by molar-refractivity contribution is 5.20. The summed E-state index contributed by atoms with van der Waals surface area (Å²) in [6.07, 6.45) is 14.3. The zero-order valence-corrected chi connectivity index (χ0v) is 21.5. The Balaban J connectivity index is 1.19. The SMILES string of the molecule is C1=C[N+]1(CCCN[C@@H](CN1CCCCC1)c1ccccc1)[C@@H](CN1CCCCC1)c1ccccc1. The number of hydrogen-bond acceptors (Lipinski definition) is 3. The van der Waals surface area contributed by atoms with E-state index in [9.17, 15) is 0 Å². The molecule has 3 aliphatic heterocycles. The Morgan fingerprint density at radius 3 is 1.77 bits per heavy atom. The number of quaternary nitrogens is 1. The quantitative estimate of drug-likeness (QED) is 0.314. The highest BCUT2D eigenvalue weighted by atomic mass is 15.4. The van der Waals surface area contributed by atoms with E-state index in [0.29, 0.717) is 12.1 Å². The van der Waals surface area contributed by atoms with Gasteiger partial charge in [-0.2, -0.15) is 0 Å². The molecular weight excluding hydrogens is 428 g/mol. The fourth-order valence-electron chi connectivity index (χ4n) is 6.20. The Morgan fingerprint density at radius 2 is 1.20 bits per heavy atom. The summed E-state index contributed by atoms with van der Waals surface area (Å²) in [5, 5.41) is 3.95. The zero-order valence-electron chi connectivity index (χ0n) is 21.5. The number of hydrogen-bond donors (Lipinski definition) is 1.